The number of fused-ring (bicyclic) bond motifs is 1. The number of nitrogens with one attached hydrogen (secondary N) is 1. The molecule has 2 aliphatic rings. The van der Waals surface area contributed by atoms with E-state index in [1.807, 2.05) is 30.5 Å². The lowest BCUT2D eigenvalue weighted by molar-refractivity contribution is -0.125. The summed E-state index contributed by atoms with van der Waals surface area (Å²) in [5, 5.41) is 3.79. The quantitative estimate of drug-likeness (QED) is 0.910. The van der Waals surface area contributed by atoms with Gasteiger partial charge in [-0.05, 0) is 30.5 Å². The van der Waals surface area contributed by atoms with Gasteiger partial charge in [-0.25, -0.2) is 4.98 Å². The minimum Gasteiger partial charge on any atom is -0.367 e. The van der Waals surface area contributed by atoms with Crippen molar-refractivity contribution in [3.05, 3.63) is 41.3 Å². The number of hydrogen-bond donors (Lipinski definition) is 1. The van der Waals surface area contributed by atoms with E-state index in [1.165, 1.54) is 12.8 Å². The molecule has 1 aliphatic heterocycles. The molecule has 6 heteroatoms. The number of hydrogen-bond acceptors (Lipinski definition) is 3. The summed E-state index contributed by atoms with van der Waals surface area (Å²) in [5.41, 5.74) is 2.14. The van der Waals surface area contributed by atoms with Gasteiger partial charge in [0.1, 0.15) is 12.4 Å². The van der Waals surface area contributed by atoms with E-state index in [4.69, 9.17) is 16.3 Å². The fourth-order valence-electron chi connectivity index (χ4n) is 3.70. The molecule has 0 saturated heterocycles. The lowest BCUT2D eigenvalue weighted by Gasteiger charge is -2.26. The molecule has 4 rings (SSSR count). The molecule has 1 fully saturated rings. The zero-order valence-electron chi connectivity index (χ0n) is 14.1. The van der Waals surface area contributed by atoms with Gasteiger partial charge in [0, 0.05) is 17.5 Å². The first kappa shape index (κ1) is 16.6. The second-order valence-electron chi connectivity index (χ2n) is 6.84. The Bertz CT molecular complexity index is 751. The van der Waals surface area contributed by atoms with E-state index >= 15 is 0 Å². The van der Waals surface area contributed by atoms with E-state index in [0.717, 1.165) is 34.9 Å². The molecule has 0 bridgehead atoms. The van der Waals surface area contributed by atoms with Crippen LogP contribution in [0, 0.1) is 5.92 Å². The van der Waals surface area contributed by atoms with Gasteiger partial charge in [0.25, 0.3) is 0 Å². The fourth-order valence-corrected chi connectivity index (χ4v) is 3.83. The Morgan fingerprint density at radius 1 is 1.28 bits per heavy atom. The number of nitrogens with zero attached hydrogens (tertiary/aromatic N) is 2. The Labute approximate surface area is 152 Å². The van der Waals surface area contributed by atoms with Crippen LogP contribution in [0.25, 0.3) is 11.3 Å². The summed E-state index contributed by atoms with van der Waals surface area (Å²) in [7, 11) is 0. The largest absolute Gasteiger partial charge is 0.367 e. The molecule has 0 spiro atoms. The van der Waals surface area contributed by atoms with Crippen molar-refractivity contribution in [1.82, 2.24) is 14.9 Å². The molecule has 1 amide bonds. The smallest absolute Gasteiger partial charge is 0.223 e. The zero-order valence-corrected chi connectivity index (χ0v) is 14.8. The average Bonchev–Trinajstić information content (AvgIpc) is 3.30. The first-order chi connectivity index (χ1) is 12.2. The van der Waals surface area contributed by atoms with Crippen LogP contribution in [0.15, 0.2) is 30.5 Å². The summed E-state index contributed by atoms with van der Waals surface area (Å²) in [4.78, 5) is 16.7. The molecule has 1 N–H and O–H groups in total. The fraction of sp³-hybridized carbons (Fsp3) is 0.474. The molecule has 0 unspecified atom stereocenters. The van der Waals surface area contributed by atoms with E-state index in [9.17, 15) is 4.79 Å². The second-order valence-corrected chi connectivity index (χ2v) is 7.27. The summed E-state index contributed by atoms with van der Waals surface area (Å²) < 4.78 is 8.05. The van der Waals surface area contributed by atoms with Crippen LogP contribution >= 0.6 is 11.6 Å². The number of ether oxygens (including phenoxy) is 1. The molecule has 1 aromatic carbocycles. The van der Waals surface area contributed by atoms with Gasteiger partial charge in [0.05, 0.1) is 24.5 Å². The highest BCUT2D eigenvalue weighted by molar-refractivity contribution is 6.30. The van der Waals surface area contributed by atoms with Gasteiger partial charge in [-0.2, -0.15) is 0 Å². The average molecular weight is 360 g/mol. The molecule has 1 atom stereocenters. The molecule has 25 heavy (non-hydrogen) atoms. The first-order valence-corrected chi connectivity index (χ1v) is 9.28. The minimum atomic E-state index is -0.0295. The molecule has 5 nitrogen and oxygen atoms in total. The Kier molecular flexibility index (Phi) is 4.77. The predicted molar refractivity (Wildman–Crippen MR) is 96.2 cm³/mol. The molecule has 1 aliphatic carbocycles. The summed E-state index contributed by atoms with van der Waals surface area (Å²) in [5.74, 6) is 1.29. The number of carbonyl (C=O) groups excluding carboxylic acids is 1. The standard InChI is InChI=1S/C19H22ClN3O2/c20-15-7-5-13(6-8-15)17-10-21-18-12-25-16(11-23(17)18)9-22-19(24)14-3-1-2-4-14/h5-8,10,14,16H,1-4,9,11-12H2,(H,22,24)/t16-/m0/s1. The van der Waals surface area contributed by atoms with Crippen molar-refractivity contribution >= 4 is 17.5 Å². The van der Waals surface area contributed by atoms with Gasteiger partial charge in [0.15, 0.2) is 0 Å². The maximum atomic E-state index is 12.2. The Hall–Kier alpha value is -1.85. The predicted octanol–water partition coefficient (Wildman–Crippen LogP) is 3.41. The van der Waals surface area contributed by atoms with Crippen molar-refractivity contribution in [1.29, 1.82) is 0 Å². The van der Waals surface area contributed by atoms with Crippen LogP contribution in [-0.2, 0) is 22.7 Å². The lowest BCUT2D eigenvalue weighted by Crippen LogP contribution is -2.40. The molecule has 132 valence electrons. The Morgan fingerprint density at radius 2 is 2.04 bits per heavy atom. The van der Waals surface area contributed by atoms with Crippen LogP contribution in [0.4, 0.5) is 0 Å². The summed E-state index contributed by atoms with van der Waals surface area (Å²) in [6, 6.07) is 7.77. The topological polar surface area (TPSA) is 56.2 Å². The third-order valence-corrected chi connectivity index (χ3v) is 5.39. The number of aromatic nitrogens is 2. The van der Waals surface area contributed by atoms with Crippen LogP contribution in [-0.4, -0.2) is 28.1 Å². The maximum absolute atomic E-state index is 12.2. The SMILES string of the molecule is O=C(NC[C@H]1Cn2c(-c3ccc(Cl)cc3)cnc2CO1)C1CCCC1. The Morgan fingerprint density at radius 3 is 2.80 bits per heavy atom. The van der Waals surface area contributed by atoms with Crippen LogP contribution in [0.5, 0.6) is 0 Å². The number of benzene rings is 1. The molecule has 2 aromatic rings. The second kappa shape index (κ2) is 7.18. The highest BCUT2D eigenvalue weighted by Crippen LogP contribution is 2.27. The van der Waals surface area contributed by atoms with Crippen molar-refractivity contribution < 1.29 is 9.53 Å². The maximum Gasteiger partial charge on any atom is 0.223 e. The molecule has 1 saturated carbocycles. The summed E-state index contributed by atoms with van der Waals surface area (Å²) >= 11 is 5.98. The van der Waals surface area contributed by atoms with Crippen molar-refractivity contribution in [2.24, 2.45) is 5.92 Å². The van der Waals surface area contributed by atoms with Gasteiger partial charge in [0.2, 0.25) is 5.91 Å². The molecular weight excluding hydrogens is 338 g/mol. The monoisotopic (exact) mass is 359 g/mol. The van der Waals surface area contributed by atoms with Crippen LogP contribution in [0.3, 0.4) is 0 Å². The van der Waals surface area contributed by atoms with Crippen molar-refractivity contribution in [2.75, 3.05) is 6.54 Å². The Balaban J connectivity index is 1.42. The number of rotatable bonds is 4. The lowest BCUT2D eigenvalue weighted by atomic mass is 10.1. The van der Waals surface area contributed by atoms with Crippen LogP contribution in [0.1, 0.15) is 31.5 Å². The molecule has 2 heterocycles. The van der Waals surface area contributed by atoms with E-state index in [1.54, 1.807) is 0 Å². The zero-order chi connectivity index (χ0) is 17.2. The van der Waals surface area contributed by atoms with E-state index < -0.39 is 0 Å². The van der Waals surface area contributed by atoms with Crippen molar-refractivity contribution in [3.8, 4) is 11.3 Å². The minimum absolute atomic E-state index is 0.0295. The van der Waals surface area contributed by atoms with E-state index in [-0.39, 0.29) is 17.9 Å². The van der Waals surface area contributed by atoms with Crippen molar-refractivity contribution in [3.63, 3.8) is 0 Å². The first-order valence-electron chi connectivity index (χ1n) is 8.90. The number of imidazole rings is 1. The van der Waals surface area contributed by atoms with E-state index in [2.05, 4.69) is 14.9 Å². The summed E-state index contributed by atoms with van der Waals surface area (Å²) in [6.45, 7) is 1.71. The number of amides is 1. The number of halogens is 1. The van der Waals surface area contributed by atoms with Gasteiger partial charge in [-0.15, -0.1) is 0 Å². The highest BCUT2D eigenvalue weighted by Gasteiger charge is 2.26. The van der Waals surface area contributed by atoms with Crippen LogP contribution < -0.4 is 5.32 Å². The highest BCUT2D eigenvalue weighted by atomic mass is 35.5. The van der Waals surface area contributed by atoms with Gasteiger partial charge < -0.3 is 14.6 Å². The van der Waals surface area contributed by atoms with Gasteiger partial charge >= 0.3 is 0 Å². The van der Waals surface area contributed by atoms with Crippen molar-refractivity contribution in [2.45, 2.75) is 44.9 Å². The van der Waals surface area contributed by atoms with Gasteiger partial charge in [-0.1, -0.05) is 36.6 Å². The van der Waals surface area contributed by atoms with Crippen LogP contribution in [0.2, 0.25) is 5.02 Å². The molecular formula is C19H22ClN3O2. The van der Waals surface area contributed by atoms with Gasteiger partial charge in [-0.3, -0.25) is 4.79 Å². The number of carbonyl (C=O) groups is 1. The third kappa shape index (κ3) is 3.58. The molecule has 0 radical (unpaired) electrons. The third-order valence-electron chi connectivity index (χ3n) is 5.14. The normalized spacial score (nSPS) is 20.4. The van der Waals surface area contributed by atoms with E-state index in [0.29, 0.717) is 19.7 Å². The summed E-state index contributed by atoms with van der Waals surface area (Å²) in [6.07, 6.45) is 6.22. The molecule has 1 aromatic heterocycles.